The number of aromatic hydroxyl groups is 1. The number of likely N-dealkylation sites (tertiary alicyclic amines) is 1. The maximum atomic E-state index is 13.2. The summed E-state index contributed by atoms with van der Waals surface area (Å²) in [4.78, 5) is 15.6. The maximum Gasteiger partial charge on any atom is 0.313 e. The van der Waals surface area contributed by atoms with E-state index in [0.717, 1.165) is 24.0 Å². The standard InChI is InChI=1S/C27H45NO3/c1-17(23(30)31-19-15-26(8,9)28(12)27(10,11)16-19)20-13-18(24(2,3)4)14-21(22(20)29)25(5,6)7/h13-14,17,19,29H,15-16H2,1-12H3. The summed E-state index contributed by atoms with van der Waals surface area (Å²) in [5, 5.41) is 11.1. The Morgan fingerprint density at radius 2 is 1.52 bits per heavy atom. The summed E-state index contributed by atoms with van der Waals surface area (Å²) in [6.45, 7) is 23.4. The Labute approximate surface area is 190 Å². The van der Waals surface area contributed by atoms with Gasteiger partial charge in [-0.3, -0.25) is 9.69 Å². The van der Waals surface area contributed by atoms with Crippen LogP contribution in [-0.2, 0) is 20.4 Å². The van der Waals surface area contributed by atoms with Crippen molar-refractivity contribution in [3.05, 3.63) is 28.8 Å². The van der Waals surface area contributed by atoms with Crippen LogP contribution in [0.1, 0.15) is 112 Å². The Kier molecular flexibility index (Phi) is 6.72. The van der Waals surface area contributed by atoms with Crippen LogP contribution < -0.4 is 0 Å². The van der Waals surface area contributed by atoms with E-state index in [1.807, 2.05) is 13.0 Å². The number of nitrogens with zero attached hydrogens (tertiary/aromatic N) is 1. The average Bonchev–Trinajstić information content (AvgIpc) is 2.56. The summed E-state index contributed by atoms with van der Waals surface area (Å²) >= 11 is 0. The minimum atomic E-state index is -0.533. The molecule has 1 saturated heterocycles. The monoisotopic (exact) mass is 431 g/mol. The van der Waals surface area contributed by atoms with Gasteiger partial charge < -0.3 is 9.84 Å². The highest BCUT2D eigenvalue weighted by Crippen LogP contribution is 2.42. The van der Waals surface area contributed by atoms with Crippen LogP contribution in [-0.4, -0.2) is 40.2 Å². The predicted molar refractivity (Wildman–Crippen MR) is 129 cm³/mol. The Morgan fingerprint density at radius 3 is 1.94 bits per heavy atom. The van der Waals surface area contributed by atoms with Crippen LogP contribution in [0.3, 0.4) is 0 Å². The van der Waals surface area contributed by atoms with E-state index in [1.54, 1.807) is 0 Å². The quantitative estimate of drug-likeness (QED) is 0.572. The zero-order valence-corrected chi connectivity index (χ0v) is 21.9. The highest BCUT2D eigenvalue weighted by molar-refractivity contribution is 5.79. The van der Waals surface area contributed by atoms with Crippen LogP contribution in [0.4, 0.5) is 0 Å². The molecule has 0 aromatic heterocycles. The van der Waals surface area contributed by atoms with Gasteiger partial charge in [0.15, 0.2) is 0 Å². The number of carbonyl (C=O) groups excluding carboxylic acids is 1. The molecule has 1 aromatic rings. The second kappa shape index (κ2) is 8.10. The summed E-state index contributed by atoms with van der Waals surface area (Å²) in [5.74, 6) is -0.578. The van der Waals surface area contributed by atoms with E-state index >= 15 is 0 Å². The second-order valence-corrected chi connectivity index (χ2v) is 12.8. The topological polar surface area (TPSA) is 49.8 Å². The largest absolute Gasteiger partial charge is 0.507 e. The predicted octanol–water partition coefficient (Wildman–Crippen LogP) is 6.29. The van der Waals surface area contributed by atoms with Gasteiger partial charge in [0.25, 0.3) is 0 Å². The minimum Gasteiger partial charge on any atom is -0.507 e. The number of ether oxygens (including phenoxy) is 1. The SMILES string of the molecule is CC(C(=O)OC1CC(C)(C)N(C)C(C)(C)C1)c1cc(C(C)(C)C)cc(C(C)(C)C)c1O. The number of hydrogen-bond donors (Lipinski definition) is 1. The lowest BCUT2D eigenvalue weighted by Gasteiger charge is -2.53. The van der Waals surface area contributed by atoms with Crippen molar-refractivity contribution in [2.45, 2.75) is 123 Å². The van der Waals surface area contributed by atoms with Crippen molar-refractivity contribution in [3.63, 3.8) is 0 Å². The molecule has 176 valence electrons. The molecule has 0 radical (unpaired) electrons. The molecule has 0 saturated carbocycles. The van der Waals surface area contributed by atoms with Gasteiger partial charge >= 0.3 is 5.97 Å². The van der Waals surface area contributed by atoms with Crippen molar-refractivity contribution >= 4 is 5.97 Å². The molecule has 0 bridgehead atoms. The molecule has 0 amide bonds. The highest BCUT2D eigenvalue weighted by atomic mass is 16.5. The average molecular weight is 432 g/mol. The lowest BCUT2D eigenvalue weighted by atomic mass is 9.77. The molecule has 4 nitrogen and oxygen atoms in total. The fraction of sp³-hybridized carbons (Fsp3) is 0.741. The maximum absolute atomic E-state index is 13.2. The first-order valence-corrected chi connectivity index (χ1v) is 11.6. The van der Waals surface area contributed by atoms with E-state index in [-0.39, 0.29) is 39.7 Å². The van der Waals surface area contributed by atoms with Crippen molar-refractivity contribution < 1.29 is 14.6 Å². The van der Waals surface area contributed by atoms with Crippen LogP contribution in [0.5, 0.6) is 5.75 Å². The highest BCUT2D eigenvalue weighted by Gasteiger charge is 2.44. The Balaban J connectivity index is 2.38. The summed E-state index contributed by atoms with van der Waals surface area (Å²) in [7, 11) is 2.14. The summed E-state index contributed by atoms with van der Waals surface area (Å²) < 4.78 is 6.06. The molecular formula is C27H45NO3. The molecule has 1 fully saturated rings. The third kappa shape index (κ3) is 5.45. The van der Waals surface area contributed by atoms with E-state index in [2.05, 4.69) is 87.3 Å². The van der Waals surface area contributed by atoms with Gasteiger partial charge in [-0.1, -0.05) is 53.7 Å². The molecule has 0 aliphatic carbocycles. The zero-order valence-electron chi connectivity index (χ0n) is 21.9. The molecule has 1 aliphatic rings. The third-order valence-electron chi connectivity index (χ3n) is 7.19. The molecular weight excluding hydrogens is 386 g/mol. The molecule has 2 rings (SSSR count). The number of piperidine rings is 1. The Morgan fingerprint density at radius 1 is 1.03 bits per heavy atom. The fourth-order valence-electron chi connectivity index (χ4n) is 4.75. The van der Waals surface area contributed by atoms with E-state index in [9.17, 15) is 9.90 Å². The zero-order chi connectivity index (χ0) is 24.2. The van der Waals surface area contributed by atoms with Crippen LogP contribution in [0.25, 0.3) is 0 Å². The first-order valence-electron chi connectivity index (χ1n) is 11.6. The number of hydrogen-bond acceptors (Lipinski definition) is 4. The molecule has 1 atom stereocenters. The van der Waals surface area contributed by atoms with Crippen LogP contribution in [0.2, 0.25) is 0 Å². The molecule has 1 aromatic carbocycles. The molecule has 1 aliphatic heterocycles. The lowest BCUT2D eigenvalue weighted by molar-refractivity contribution is -0.160. The first-order chi connectivity index (χ1) is 13.8. The van der Waals surface area contributed by atoms with E-state index in [4.69, 9.17) is 4.74 Å². The fourth-order valence-corrected chi connectivity index (χ4v) is 4.75. The van der Waals surface area contributed by atoms with Crippen LogP contribution >= 0.6 is 0 Å². The van der Waals surface area contributed by atoms with E-state index in [0.29, 0.717) is 5.56 Å². The minimum absolute atomic E-state index is 0.0520. The first kappa shape index (κ1) is 25.7. The van der Waals surface area contributed by atoms with Gasteiger partial charge in [0, 0.05) is 29.5 Å². The molecule has 31 heavy (non-hydrogen) atoms. The normalized spacial score (nSPS) is 21.0. The number of rotatable bonds is 3. The molecule has 1 unspecified atom stereocenters. The van der Waals surface area contributed by atoms with E-state index in [1.165, 1.54) is 0 Å². The van der Waals surface area contributed by atoms with Crippen molar-refractivity contribution in [2.24, 2.45) is 0 Å². The van der Waals surface area contributed by atoms with Gasteiger partial charge in [-0.2, -0.15) is 0 Å². The number of carbonyl (C=O) groups is 1. The lowest BCUT2D eigenvalue weighted by Crippen LogP contribution is -2.60. The van der Waals surface area contributed by atoms with Crippen LogP contribution in [0, 0.1) is 0 Å². The molecule has 0 spiro atoms. The van der Waals surface area contributed by atoms with Gasteiger partial charge in [0.2, 0.25) is 0 Å². The van der Waals surface area contributed by atoms with Gasteiger partial charge in [-0.05, 0) is 63.6 Å². The number of phenolic OH excluding ortho intramolecular Hbond substituents is 1. The van der Waals surface area contributed by atoms with E-state index < -0.39 is 5.92 Å². The second-order valence-electron chi connectivity index (χ2n) is 12.8. The van der Waals surface area contributed by atoms with Gasteiger partial charge in [-0.25, -0.2) is 0 Å². The summed E-state index contributed by atoms with van der Waals surface area (Å²) in [6, 6.07) is 4.07. The van der Waals surface area contributed by atoms with Gasteiger partial charge in [0.05, 0.1) is 5.92 Å². The van der Waals surface area contributed by atoms with Crippen molar-refractivity contribution in [3.8, 4) is 5.75 Å². The van der Waals surface area contributed by atoms with Gasteiger partial charge in [0.1, 0.15) is 11.9 Å². The third-order valence-corrected chi connectivity index (χ3v) is 7.19. The summed E-state index contributed by atoms with van der Waals surface area (Å²) in [6.07, 6.45) is 1.46. The summed E-state index contributed by atoms with van der Waals surface area (Å²) in [5.41, 5.74) is 2.23. The Hall–Kier alpha value is -1.55. The Bertz CT molecular complexity index is 806. The van der Waals surface area contributed by atoms with Crippen molar-refractivity contribution in [1.82, 2.24) is 4.90 Å². The van der Waals surface area contributed by atoms with Gasteiger partial charge in [-0.15, -0.1) is 0 Å². The number of benzene rings is 1. The smallest absolute Gasteiger partial charge is 0.313 e. The van der Waals surface area contributed by atoms with Crippen molar-refractivity contribution in [1.29, 1.82) is 0 Å². The molecule has 1 heterocycles. The number of phenols is 1. The number of esters is 1. The van der Waals surface area contributed by atoms with Crippen molar-refractivity contribution in [2.75, 3.05) is 7.05 Å². The molecule has 1 N–H and O–H groups in total. The van der Waals surface area contributed by atoms with Crippen LogP contribution in [0.15, 0.2) is 12.1 Å². The molecule has 4 heteroatoms.